The standard InChI is InChI=1S/C13H19N5O3/c1-17-9-12(20)18(13(17)21)8-2-3-11(19)16-5-4-10-14-6-7-15-10/h6-7H,2-5,8-9H2,1H3,(H,14,15)(H,16,19). The molecule has 0 aliphatic carbocycles. The van der Waals surface area contributed by atoms with Crippen LogP contribution < -0.4 is 5.32 Å². The van der Waals surface area contributed by atoms with Crippen LogP contribution in [-0.2, 0) is 16.0 Å². The van der Waals surface area contributed by atoms with Crippen molar-refractivity contribution in [2.45, 2.75) is 19.3 Å². The fourth-order valence-electron chi connectivity index (χ4n) is 2.13. The van der Waals surface area contributed by atoms with Crippen LogP contribution in [0.1, 0.15) is 18.7 Å². The molecule has 0 saturated carbocycles. The molecule has 2 heterocycles. The number of urea groups is 1. The van der Waals surface area contributed by atoms with E-state index in [9.17, 15) is 14.4 Å². The molecule has 0 unspecified atom stereocenters. The van der Waals surface area contributed by atoms with Crippen LogP contribution in [0.5, 0.6) is 0 Å². The van der Waals surface area contributed by atoms with Crippen LogP contribution in [0.25, 0.3) is 0 Å². The van der Waals surface area contributed by atoms with E-state index >= 15 is 0 Å². The Labute approximate surface area is 122 Å². The Balaban J connectivity index is 1.61. The number of hydrogen-bond donors (Lipinski definition) is 2. The summed E-state index contributed by atoms with van der Waals surface area (Å²) in [5, 5.41) is 2.78. The van der Waals surface area contributed by atoms with Gasteiger partial charge in [0.05, 0.1) is 0 Å². The highest BCUT2D eigenvalue weighted by Gasteiger charge is 2.32. The van der Waals surface area contributed by atoms with E-state index in [1.54, 1.807) is 19.4 Å². The first kappa shape index (κ1) is 15.0. The van der Waals surface area contributed by atoms with E-state index < -0.39 is 0 Å². The molecule has 1 aromatic rings. The third kappa shape index (κ3) is 4.04. The van der Waals surface area contributed by atoms with Gasteiger partial charge in [-0.1, -0.05) is 0 Å². The Morgan fingerprint density at radius 1 is 1.48 bits per heavy atom. The summed E-state index contributed by atoms with van der Waals surface area (Å²) in [6.45, 7) is 0.915. The molecular weight excluding hydrogens is 274 g/mol. The van der Waals surface area contributed by atoms with Gasteiger partial charge in [-0.3, -0.25) is 14.5 Å². The first-order valence-electron chi connectivity index (χ1n) is 6.88. The Kier molecular flexibility index (Phi) is 4.91. The fraction of sp³-hybridized carbons (Fsp3) is 0.538. The van der Waals surface area contributed by atoms with Crippen LogP contribution in [0.15, 0.2) is 12.4 Å². The SMILES string of the molecule is CN1CC(=O)N(CCCC(=O)NCCc2ncc[nH]2)C1=O. The van der Waals surface area contributed by atoms with Crippen molar-refractivity contribution in [3.8, 4) is 0 Å². The molecular formula is C13H19N5O3. The molecule has 2 rings (SSSR count). The molecule has 4 amide bonds. The Morgan fingerprint density at radius 3 is 2.90 bits per heavy atom. The molecule has 0 atom stereocenters. The number of likely N-dealkylation sites (N-methyl/N-ethyl adjacent to an activating group) is 1. The van der Waals surface area contributed by atoms with Gasteiger partial charge in [0, 0.05) is 45.4 Å². The van der Waals surface area contributed by atoms with Gasteiger partial charge in [-0.25, -0.2) is 9.78 Å². The quantitative estimate of drug-likeness (QED) is 0.677. The number of aromatic amines is 1. The highest BCUT2D eigenvalue weighted by atomic mass is 16.2. The van der Waals surface area contributed by atoms with Crippen LogP contribution in [0, 0.1) is 0 Å². The molecule has 0 spiro atoms. The Morgan fingerprint density at radius 2 is 2.29 bits per heavy atom. The van der Waals surface area contributed by atoms with Crippen LogP contribution in [0.4, 0.5) is 4.79 Å². The van der Waals surface area contributed by atoms with Crippen LogP contribution in [0.3, 0.4) is 0 Å². The predicted molar refractivity (Wildman–Crippen MR) is 74.3 cm³/mol. The number of H-pyrrole nitrogens is 1. The highest BCUT2D eigenvalue weighted by molar-refractivity contribution is 6.01. The number of nitrogens with zero attached hydrogens (tertiary/aromatic N) is 3. The van der Waals surface area contributed by atoms with Gasteiger partial charge in [-0.2, -0.15) is 0 Å². The highest BCUT2D eigenvalue weighted by Crippen LogP contribution is 2.08. The number of imidazole rings is 1. The second kappa shape index (κ2) is 6.87. The Bertz CT molecular complexity index is 514. The zero-order chi connectivity index (χ0) is 15.2. The van der Waals surface area contributed by atoms with E-state index in [2.05, 4.69) is 15.3 Å². The average molecular weight is 293 g/mol. The molecule has 8 heteroatoms. The molecule has 0 aromatic carbocycles. The lowest BCUT2D eigenvalue weighted by molar-refractivity contribution is -0.126. The summed E-state index contributed by atoms with van der Waals surface area (Å²) in [4.78, 5) is 44.3. The van der Waals surface area contributed by atoms with Crippen molar-refractivity contribution in [1.82, 2.24) is 25.1 Å². The van der Waals surface area contributed by atoms with Gasteiger partial charge in [0.1, 0.15) is 12.4 Å². The van der Waals surface area contributed by atoms with Crippen LogP contribution in [-0.4, -0.2) is 64.3 Å². The van der Waals surface area contributed by atoms with Crippen molar-refractivity contribution >= 4 is 17.8 Å². The molecule has 8 nitrogen and oxygen atoms in total. The zero-order valence-corrected chi connectivity index (χ0v) is 12.0. The summed E-state index contributed by atoms with van der Waals surface area (Å²) in [6, 6.07) is -0.293. The van der Waals surface area contributed by atoms with E-state index in [0.717, 1.165) is 5.82 Å². The van der Waals surface area contributed by atoms with Gasteiger partial charge >= 0.3 is 6.03 Å². The maximum atomic E-state index is 11.6. The lowest BCUT2D eigenvalue weighted by Crippen LogP contribution is -2.33. The van der Waals surface area contributed by atoms with E-state index in [1.165, 1.54) is 9.80 Å². The van der Waals surface area contributed by atoms with Crippen molar-refractivity contribution in [1.29, 1.82) is 0 Å². The molecule has 0 bridgehead atoms. The number of nitrogens with one attached hydrogen (secondary N) is 2. The number of amides is 4. The van der Waals surface area contributed by atoms with Crippen molar-refractivity contribution in [3.63, 3.8) is 0 Å². The summed E-state index contributed by atoms with van der Waals surface area (Å²) in [6.07, 6.45) is 4.81. The molecule has 114 valence electrons. The third-order valence-electron chi connectivity index (χ3n) is 3.26. The predicted octanol–water partition coefficient (Wildman–Crippen LogP) is -0.257. The van der Waals surface area contributed by atoms with E-state index in [-0.39, 0.29) is 30.9 Å². The normalized spacial score (nSPS) is 14.9. The van der Waals surface area contributed by atoms with Gasteiger partial charge in [0.25, 0.3) is 0 Å². The minimum Gasteiger partial charge on any atom is -0.356 e. The van der Waals surface area contributed by atoms with Gasteiger partial charge in [0.2, 0.25) is 11.8 Å². The lowest BCUT2D eigenvalue weighted by Gasteiger charge is -2.13. The minimum absolute atomic E-state index is 0.0889. The molecule has 2 N–H and O–H groups in total. The number of imide groups is 1. The number of rotatable bonds is 7. The minimum atomic E-state index is -0.293. The van der Waals surface area contributed by atoms with Gasteiger partial charge in [-0.15, -0.1) is 0 Å². The Hall–Kier alpha value is -2.38. The average Bonchev–Trinajstić information content (AvgIpc) is 3.03. The maximum absolute atomic E-state index is 11.6. The van der Waals surface area contributed by atoms with E-state index in [0.29, 0.717) is 25.8 Å². The second-order valence-corrected chi connectivity index (χ2v) is 4.92. The number of hydrogen-bond acceptors (Lipinski definition) is 4. The monoisotopic (exact) mass is 293 g/mol. The van der Waals surface area contributed by atoms with Crippen LogP contribution >= 0.6 is 0 Å². The number of carbonyl (C=O) groups excluding carboxylic acids is 3. The fourth-order valence-corrected chi connectivity index (χ4v) is 2.13. The molecule has 1 saturated heterocycles. The third-order valence-corrected chi connectivity index (χ3v) is 3.26. The molecule has 1 aromatic heterocycles. The first-order chi connectivity index (χ1) is 10.1. The smallest absolute Gasteiger partial charge is 0.326 e. The number of aromatic nitrogens is 2. The lowest BCUT2D eigenvalue weighted by atomic mass is 10.2. The van der Waals surface area contributed by atoms with Crippen molar-refractivity contribution in [3.05, 3.63) is 18.2 Å². The van der Waals surface area contributed by atoms with Gasteiger partial charge in [-0.05, 0) is 6.42 Å². The molecule has 1 fully saturated rings. The van der Waals surface area contributed by atoms with Crippen molar-refractivity contribution < 1.29 is 14.4 Å². The first-order valence-corrected chi connectivity index (χ1v) is 6.88. The summed E-state index contributed by atoms with van der Waals surface area (Å²) in [7, 11) is 1.58. The van der Waals surface area contributed by atoms with Crippen molar-refractivity contribution in [2.75, 3.05) is 26.7 Å². The molecule has 0 radical (unpaired) electrons. The van der Waals surface area contributed by atoms with E-state index in [4.69, 9.17) is 0 Å². The zero-order valence-electron chi connectivity index (χ0n) is 12.0. The van der Waals surface area contributed by atoms with Crippen LogP contribution in [0.2, 0.25) is 0 Å². The molecule has 1 aliphatic rings. The maximum Gasteiger partial charge on any atom is 0.326 e. The van der Waals surface area contributed by atoms with Gasteiger partial charge < -0.3 is 15.2 Å². The van der Waals surface area contributed by atoms with E-state index in [1.807, 2.05) is 0 Å². The second-order valence-electron chi connectivity index (χ2n) is 4.92. The summed E-state index contributed by atoms with van der Waals surface area (Å²) in [5.74, 6) is 0.529. The van der Waals surface area contributed by atoms with Crippen molar-refractivity contribution in [2.24, 2.45) is 0 Å². The molecule has 1 aliphatic heterocycles. The summed E-state index contributed by atoms with van der Waals surface area (Å²) >= 11 is 0. The number of carbonyl (C=O) groups is 3. The topological polar surface area (TPSA) is 98.4 Å². The van der Waals surface area contributed by atoms with Gasteiger partial charge in [0.15, 0.2) is 0 Å². The largest absolute Gasteiger partial charge is 0.356 e. The summed E-state index contributed by atoms with van der Waals surface area (Å²) < 4.78 is 0. The molecule has 21 heavy (non-hydrogen) atoms. The summed E-state index contributed by atoms with van der Waals surface area (Å²) in [5.41, 5.74) is 0.